The van der Waals surface area contributed by atoms with Crippen LogP contribution in [-0.2, 0) is 0 Å². The number of likely N-dealkylation sites (N-methyl/N-ethyl adjacent to an activating group) is 1. The van der Waals surface area contributed by atoms with E-state index in [0.717, 1.165) is 23.4 Å². The molecule has 6 heteroatoms. The molecule has 0 aliphatic rings. The molecule has 3 aromatic rings. The van der Waals surface area contributed by atoms with Crippen LogP contribution in [0, 0.1) is 0 Å². The van der Waals surface area contributed by atoms with E-state index in [1.807, 2.05) is 50.5 Å². The Kier molecular flexibility index (Phi) is 5.13. The highest BCUT2D eigenvalue weighted by atomic mass is 35.5. The molecule has 0 N–H and O–H groups in total. The standard InChI is InChI=1S/C18H18ClN3O2/c1-22(2)10-11-23-16-9-4-3-8-15(16)17-20-18(24-21-17)13-6-5-7-14(19)12-13/h3-9,12H,10-11H2,1-2H3. The summed E-state index contributed by atoms with van der Waals surface area (Å²) in [7, 11) is 4.01. The lowest BCUT2D eigenvalue weighted by Crippen LogP contribution is -2.19. The minimum Gasteiger partial charge on any atom is -0.491 e. The minimum atomic E-state index is 0.426. The molecule has 0 atom stereocenters. The zero-order valence-corrected chi connectivity index (χ0v) is 14.3. The van der Waals surface area contributed by atoms with Gasteiger partial charge >= 0.3 is 0 Å². The van der Waals surface area contributed by atoms with E-state index in [9.17, 15) is 0 Å². The fraction of sp³-hybridized carbons (Fsp3) is 0.222. The molecular formula is C18H18ClN3O2. The molecule has 0 spiro atoms. The molecule has 1 heterocycles. The highest BCUT2D eigenvalue weighted by Gasteiger charge is 2.14. The van der Waals surface area contributed by atoms with E-state index in [1.165, 1.54) is 0 Å². The normalized spacial score (nSPS) is 11.0. The summed E-state index contributed by atoms with van der Waals surface area (Å²) in [5, 5.41) is 4.70. The van der Waals surface area contributed by atoms with Crippen molar-refractivity contribution >= 4 is 11.6 Å². The number of ether oxygens (including phenoxy) is 1. The van der Waals surface area contributed by atoms with E-state index < -0.39 is 0 Å². The average Bonchev–Trinajstić information content (AvgIpc) is 3.05. The van der Waals surface area contributed by atoms with Crippen molar-refractivity contribution in [2.75, 3.05) is 27.2 Å². The molecule has 1 aromatic heterocycles. The van der Waals surface area contributed by atoms with Gasteiger partial charge in [0.25, 0.3) is 5.89 Å². The molecule has 3 rings (SSSR count). The number of hydrogen-bond donors (Lipinski definition) is 0. The van der Waals surface area contributed by atoms with Crippen LogP contribution in [0.3, 0.4) is 0 Å². The summed E-state index contributed by atoms with van der Waals surface area (Å²) in [6.07, 6.45) is 0. The quantitative estimate of drug-likeness (QED) is 0.677. The van der Waals surface area contributed by atoms with Gasteiger partial charge in [0.05, 0.1) is 5.56 Å². The van der Waals surface area contributed by atoms with Crippen LogP contribution in [-0.4, -0.2) is 42.3 Å². The Morgan fingerprint density at radius 2 is 1.96 bits per heavy atom. The summed E-state index contributed by atoms with van der Waals surface area (Å²) >= 11 is 6.01. The van der Waals surface area contributed by atoms with Crippen LogP contribution in [0.4, 0.5) is 0 Å². The molecule has 0 unspecified atom stereocenters. The van der Waals surface area contributed by atoms with Crippen LogP contribution in [0.1, 0.15) is 0 Å². The second-order valence-electron chi connectivity index (χ2n) is 5.58. The number of benzene rings is 2. The van der Waals surface area contributed by atoms with E-state index in [1.54, 1.807) is 12.1 Å². The van der Waals surface area contributed by atoms with Gasteiger partial charge < -0.3 is 14.2 Å². The molecule has 0 radical (unpaired) electrons. The highest BCUT2D eigenvalue weighted by molar-refractivity contribution is 6.30. The molecule has 0 amide bonds. The first-order chi connectivity index (χ1) is 11.6. The Morgan fingerprint density at radius 1 is 1.12 bits per heavy atom. The lowest BCUT2D eigenvalue weighted by atomic mass is 10.2. The Morgan fingerprint density at radius 3 is 2.75 bits per heavy atom. The third-order valence-corrected chi connectivity index (χ3v) is 3.66. The first kappa shape index (κ1) is 16.5. The van der Waals surface area contributed by atoms with Crippen LogP contribution in [0.15, 0.2) is 53.1 Å². The zero-order valence-electron chi connectivity index (χ0n) is 13.6. The highest BCUT2D eigenvalue weighted by Crippen LogP contribution is 2.30. The lowest BCUT2D eigenvalue weighted by Gasteiger charge is -2.12. The van der Waals surface area contributed by atoms with Crippen LogP contribution in [0.2, 0.25) is 5.02 Å². The summed E-state index contributed by atoms with van der Waals surface area (Å²) in [4.78, 5) is 6.53. The number of aromatic nitrogens is 2. The molecule has 0 bridgehead atoms. The molecule has 0 fully saturated rings. The molecule has 0 aliphatic heterocycles. The van der Waals surface area contributed by atoms with Crippen molar-refractivity contribution in [1.82, 2.24) is 15.0 Å². The molecule has 0 aliphatic carbocycles. The van der Waals surface area contributed by atoms with Crippen LogP contribution in [0.5, 0.6) is 5.75 Å². The van der Waals surface area contributed by atoms with Gasteiger partial charge in [0.1, 0.15) is 12.4 Å². The third kappa shape index (κ3) is 3.93. The number of hydrogen-bond acceptors (Lipinski definition) is 5. The number of halogens is 1. The van der Waals surface area contributed by atoms with Gasteiger partial charge in [0.15, 0.2) is 0 Å². The van der Waals surface area contributed by atoms with Crippen molar-refractivity contribution in [2.24, 2.45) is 0 Å². The Bertz CT molecular complexity index is 817. The van der Waals surface area contributed by atoms with Gasteiger partial charge in [0.2, 0.25) is 5.82 Å². The Hall–Kier alpha value is -2.37. The van der Waals surface area contributed by atoms with Gasteiger partial charge in [-0.3, -0.25) is 0 Å². The fourth-order valence-corrected chi connectivity index (χ4v) is 2.38. The maximum atomic E-state index is 6.01. The number of nitrogens with zero attached hydrogens (tertiary/aromatic N) is 3. The minimum absolute atomic E-state index is 0.426. The van der Waals surface area contributed by atoms with Crippen LogP contribution in [0.25, 0.3) is 22.8 Å². The van der Waals surface area contributed by atoms with Crippen molar-refractivity contribution in [3.63, 3.8) is 0 Å². The van der Waals surface area contributed by atoms with Crippen LogP contribution >= 0.6 is 11.6 Å². The first-order valence-electron chi connectivity index (χ1n) is 7.60. The van der Waals surface area contributed by atoms with Gasteiger partial charge in [-0.05, 0) is 44.4 Å². The molecule has 24 heavy (non-hydrogen) atoms. The molecule has 0 saturated heterocycles. The van der Waals surface area contributed by atoms with Crippen molar-refractivity contribution < 1.29 is 9.26 Å². The van der Waals surface area contributed by atoms with Gasteiger partial charge in [-0.15, -0.1) is 0 Å². The predicted molar refractivity (Wildman–Crippen MR) is 94.2 cm³/mol. The van der Waals surface area contributed by atoms with E-state index >= 15 is 0 Å². The average molecular weight is 344 g/mol. The van der Waals surface area contributed by atoms with Gasteiger partial charge in [-0.1, -0.05) is 35.0 Å². The smallest absolute Gasteiger partial charge is 0.258 e. The van der Waals surface area contributed by atoms with Crippen molar-refractivity contribution in [2.45, 2.75) is 0 Å². The largest absolute Gasteiger partial charge is 0.491 e. The summed E-state index contributed by atoms with van der Waals surface area (Å²) in [6.45, 7) is 1.41. The lowest BCUT2D eigenvalue weighted by molar-refractivity contribution is 0.262. The topological polar surface area (TPSA) is 51.4 Å². The van der Waals surface area contributed by atoms with Crippen molar-refractivity contribution in [3.05, 3.63) is 53.6 Å². The van der Waals surface area contributed by atoms with Gasteiger partial charge in [-0.25, -0.2) is 0 Å². The predicted octanol–water partition coefficient (Wildman–Crippen LogP) is 4.00. The van der Waals surface area contributed by atoms with E-state index in [0.29, 0.717) is 23.3 Å². The summed E-state index contributed by atoms with van der Waals surface area (Å²) in [5.74, 6) is 1.65. The van der Waals surface area contributed by atoms with Crippen molar-refractivity contribution in [3.8, 4) is 28.6 Å². The molecule has 124 valence electrons. The Balaban J connectivity index is 1.85. The van der Waals surface area contributed by atoms with E-state index in [2.05, 4.69) is 15.0 Å². The monoisotopic (exact) mass is 343 g/mol. The first-order valence-corrected chi connectivity index (χ1v) is 7.98. The second-order valence-corrected chi connectivity index (χ2v) is 6.02. The van der Waals surface area contributed by atoms with E-state index in [-0.39, 0.29) is 0 Å². The SMILES string of the molecule is CN(C)CCOc1ccccc1-c1noc(-c2cccc(Cl)c2)n1. The second kappa shape index (κ2) is 7.47. The van der Waals surface area contributed by atoms with Crippen molar-refractivity contribution in [1.29, 1.82) is 0 Å². The number of para-hydroxylation sites is 1. The number of rotatable bonds is 6. The fourth-order valence-electron chi connectivity index (χ4n) is 2.19. The summed E-state index contributed by atoms with van der Waals surface area (Å²) in [5.41, 5.74) is 1.58. The van der Waals surface area contributed by atoms with Gasteiger partial charge in [0, 0.05) is 17.1 Å². The third-order valence-electron chi connectivity index (χ3n) is 3.42. The maximum absolute atomic E-state index is 6.01. The molecule has 2 aromatic carbocycles. The summed E-state index contributed by atoms with van der Waals surface area (Å²) in [6, 6.07) is 15.0. The molecule has 0 saturated carbocycles. The maximum Gasteiger partial charge on any atom is 0.258 e. The van der Waals surface area contributed by atoms with Crippen LogP contribution < -0.4 is 4.74 Å². The van der Waals surface area contributed by atoms with E-state index in [4.69, 9.17) is 20.9 Å². The zero-order chi connectivity index (χ0) is 16.9. The van der Waals surface area contributed by atoms with Gasteiger partial charge in [-0.2, -0.15) is 4.98 Å². The molecule has 5 nitrogen and oxygen atoms in total. The Labute approximate surface area is 145 Å². The summed E-state index contributed by atoms with van der Waals surface area (Å²) < 4.78 is 11.2. The molecular weight excluding hydrogens is 326 g/mol.